The lowest BCUT2D eigenvalue weighted by molar-refractivity contribution is -0.138. The third-order valence-corrected chi connectivity index (χ3v) is 4.69. The number of benzene rings is 1. The second-order valence-electron chi connectivity index (χ2n) is 6.25. The molecule has 1 aromatic rings. The number of carbonyl (C=O) groups excluding carboxylic acids is 1. The molecule has 1 atom stereocenters. The van der Waals surface area contributed by atoms with Gasteiger partial charge in [0.05, 0.1) is 7.11 Å². The van der Waals surface area contributed by atoms with Crippen molar-refractivity contribution in [3.8, 4) is 5.75 Å². The van der Waals surface area contributed by atoms with Gasteiger partial charge in [-0.15, -0.1) is 0 Å². The fourth-order valence-corrected chi connectivity index (χ4v) is 2.83. The van der Waals surface area contributed by atoms with Crippen molar-refractivity contribution < 1.29 is 9.53 Å². The average Bonchev–Trinajstić information content (AvgIpc) is 3.27. The van der Waals surface area contributed by atoms with Crippen LogP contribution in [0, 0.1) is 11.8 Å². The molecule has 1 unspecified atom stereocenters. The zero-order valence-corrected chi connectivity index (χ0v) is 12.8. The Morgan fingerprint density at radius 2 is 2.00 bits per heavy atom. The molecule has 1 N–H and O–H groups in total. The van der Waals surface area contributed by atoms with E-state index in [4.69, 9.17) is 4.74 Å². The minimum Gasteiger partial charge on any atom is -0.497 e. The maximum Gasteiger partial charge on any atom is 0.226 e. The summed E-state index contributed by atoms with van der Waals surface area (Å²) in [6.45, 7) is 4.76. The van der Waals surface area contributed by atoms with Gasteiger partial charge in [0.25, 0.3) is 0 Å². The minimum absolute atomic E-state index is 0.130. The molecule has 0 aromatic heterocycles. The van der Waals surface area contributed by atoms with Crippen LogP contribution in [0.15, 0.2) is 24.3 Å². The highest BCUT2D eigenvalue weighted by atomic mass is 16.5. The van der Waals surface area contributed by atoms with E-state index < -0.39 is 0 Å². The second kappa shape index (κ2) is 6.06. The quantitative estimate of drug-likeness (QED) is 0.871. The largest absolute Gasteiger partial charge is 0.497 e. The van der Waals surface area contributed by atoms with Gasteiger partial charge in [-0.3, -0.25) is 4.79 Å². The van der Waals surface area contributed by atoms with Crippen molar-refractivity contribution in [1.82, 2.24) is 10.2 Å². The molecule has 1 saturated carbocycles. The highest BCUT2D eigenvalue weighted by Crippen LogP contribution is 2.31. The Hall–Kier alpha value is -1.55. The molecule has 0 bridgehead atoms. The van der Waals surface area contributed by atoms with Crippen molar-refractivity contribution in [1.29, 1.82) is 0 Å². The highest BCUT2D eigenvalue weighted by molar-refractivity contribution is 5.79. The first-order valence-electron chi connectivity index (χ1n) is 7.83. The molecular weight excluding hydrogens is 264 g/mol. The molecule has 21 heavy (non-hydrogen) atoms. The van der Waals surface area contributed by atoms with E-state index in [2.05, 4.69) is 29.3 Å². The summed E-state index contributed by atoms with van der Waals surface area (Å²) in [6.07, 6.45) is 2.30. The second-order valence-corrected chi connectivity index (χ2v) is 6.25. The van der Waals surface area contributed by atoms with Gasteiger partial charge in [-0.1, -0.05) is 19.1 Å². The molecule has 0 radical (unpaired) electrons. The van der Waals surface area contributed by atoms with E-state index in [0.717, 1.165) is 38.2 Å². The van der Waals surface area contributed by atoms with E-state index in [1.165, 1.54) is 5.56 Å². The molecule has 114 valence electrons. The molecule has 2 fully saturated rings. The Bertz CT molecular complexity index is 492. The summed E-state index contributed by atoms with van der Waals surface area (Å²) in [5.41, 5.74) is 1.18. The van der Waals surface area contributed by atoms with Crippen LogP contribution in [0.5, 0.6) is 5.75 Å². The van der Waals surface area contributed by atoms with E-state index in [0.29, 0.717) is 17.9 Å². The lowest BCUT2D eigenvalue weighted by Crippen LogP contribution is -2.50. The lowest BCUT2D eigenvalue weighted by atomic mass is 9.88. The Balaban J connectivity index is 1.67. The van der Waals surface area contributed by atoms with Gasteiger partial charge < -0.3 is 15.0 Å². The number of nitrogens with zero attached hydrogens (tertiary/aromatic N) is 1. The van der Waals surface area contributed by atoms with E-state index >= 15 is 0 Å². The summed E-state index contributed by atoms with van der Waals surface area (Å²) < 4.78 is 5.19. The Labute approximate surface area is 126 Å². The van der Waals surface area contributed by atoms with Crippen LogP contribution in [-0.4, -0.2) is 37.0 Å². The minimum atomic E-state index is 0.130. The number of amides is 1. The summed E-state index contributed by atoms with van der Waals surface area (Å²) >= 11 is 0. The molecule has 4 heteroatoms. The Morgan fingerprint density at radius 1 is 1.33 bits per heavy atom. The predicted octanol–water partition coefficient (Wildman–Crippen LogP) is 2.04. The summed E-state index contributed by atoms with van der Waals surface area (Å²) in [7, 11) is 1.67. The Morgan fingerprint density at radius 3 is 2.48 bits per heavy atom. The third kappa shape index (κ3) is 3.21. The van der Waals surface area contributed by atoms with Crippen molar-refractivity contribution in [3.05, 3.63) is 29.8 Å². The van der Waals surface area contributed by atoms with Crippen molar-refractivity contribution >= 4 is 5.91 Å². The van der Waals surface area contributed by atoms with Gasteiger partial charge in [0.2, 0.25) is 5.91 Å². The molecule has 0 spiro atoms. The first-order valence-corrected chi connectivity index (χ1v) is 7.83. The highest BCUT2D eigenvalue weighted by Gasteiger charge is 2.38. The molecule has 1 aliphatic heterocycles. The van der Waals surface area contributed by atoms with Gasteiger partial charge in [0, 0.05) is 18.5 Å². The van der Waals surface area contributed by atoms with E-state index in [1.807, 2.05) is 12.1 Å². The fourth-order valence-electron chi connectivity index (χ4n) is 2.83. The molecule has 1 saturated heterocycles. The van der Waals surface area contributed by atoms with Crippen LogP contribution >= 0.6 is 0 Å². The molecule has 1 amide bonds. The van der Waals surface area contributed by atoms with Crippen molar-refractivity contribution in [2.45, 2.75) is 32.4 Å². The first kappa shape index (κ1) is 14.4. The SMILES string of the molecule is COc1ccc(CN(C(=O)C(C)C2CNC2)C2CC2)cc1. The molecule has 3 rings (SSSR count). The van der Waals surface area contributed by atoms with Crippen LogP contribution in [0.1, 0.15) is 25.3 Å². The average molecular weight is 288 g/mol. The normalized spacial score (nSPS) is 19.7. The molecule has 2 aliphatic rings. The molecule has 1 aromatic carbocycles. The van der Waals surface area contributed by atoms with E-state index in [9.17, 15) is 4.79 Å². The van der Waals surface area contributed by atoms with E-state index in [-0.39, 0.29) is 5.92 Å². The van der Waals surface area contributed by atoms with E-state index in [1.54, 1.807) is 7.11 Å². The zero-order valence-electron chi connectivity index (χ0n) is 12.8. The van der Waals surface area contributed by atoms with Crippen LogP contribution < -0.4 is 10.1 Å². The maximum atomic E-state index is 12.8. The van der Waals surface area contributed by atoms with Crippen LogP contribution in [0.25, 0.3) is 0 Å². The summed E-state index contributed by atoms with van der Waals surface area (Å²) in [4.78, 5) is 14.8. The monoisotopic (exact) mass is 288 g/mol. The Kier molecular flexibility index (Phi) is 4.15. The number of carbonyl (C=O) groups is 1. The first-order chi connectivity index (χ1) is 10.2. The van der Waals surface area contributed by atoms with Crippen LogP contribution in [0.4, 0.5) is 0 Å². The molecule has 1 aliphatic carbocycles. The molecular formula is C17H24N2O2. The number of hydrogen-bond acceptors (Lipinski definition) is 3. The predicted molar refractivity (Wildman–Crippen MR) is 82.1 cm³/mol. The van der Waals surface area contributed by atoms with Crippen LogP contribution in [0.2, 0.25) is 0 Å². The standard InChI is InChI=1S/C17H24N2O2/c1-12(14-9-18-10-14)17(20)19(15-5-6-15)11-13-3-7-16(21-2)8-4-13/h3-4,7-8,12,14-15,18H,5-6,9-11H2,1-2H3. The molecule has 4 nitrogen and oxygen atoms in total. The molecule has 1 heterocycles. The van der Waals surface area contributed by atoms with Crippen molar-refractivity contribution in [2.75, 3.05) is 20.2 Å². The van der Waals surface area contributed by atoms with Gasteiger partial charge in [-0.25, -0.2) is 0 Å². The number of ether oxygens (including phenoxy) is 1. The van der Waals surface area contributed by atoms with Gasteiger partial charge >= 0.3 is 0 Å². The van der Waals surface area contributed by atoms with Gasteiger partial charge in [-0.2, -0.15) is 0 Å². The van der Waals surface area contributed by atoms with Crippen LogP contribution in [0.3, 0.4) is 0 Å². The zero-order chi connectivity index (χ0) is 14.8. The van der Waals surface area contributed by atoms with Crippen molar-refractivity contribution in [3.63, 3.8) is 0 Å². The smallest absolute Gasteiger partial charge is 0.226 e. The number of hydrogen-bond donors (Lipinski definition) is 1. The van der Waals surface area contributed by atoms with Gasteiger partial charge in [-0.05, 0) is 49.5 Å². The van der Waals surface area contributed by atoms with Gasteiger partial charge in [0.1, 0.15) is 5.75 Å². The number of nitrogens with one attached hydrogen (secondary N) is 1. The summed E-state index contributed by atoms with van der Waals surface area (Å²) in [5, 5.41) is 3.26. The third-order valence-electron chi connectivity index (χ3n) is 4.69. The summed E-state index contributed by atoms with van der Waals surface area (Å²) in [5.74, 6) is 1.82. The fraction of sp³-hybridized carbons (Fsp3) is 0.588. The van der Waals surface area contributed by atoms with Gasteiger partial charge in [0.15, 0.2) is 0 Å². The van der Waals surface area contributed by atoms with Crippen molar-refractivity contribution in [2.24, 2.45) is 11.8 Å². The number of rotatable bonds is 6. The summed E-state index contributed by atoms with van der Waals surface area (Å²) in [6, 6.07) is 8.48. The topological polar surface area (TPSA) is 41.6 Å². The number of methoxy groups -OCH3 is 1. The lowest BCUT2D eigenvalue weighted by Gasteiger charge is -2.35. The van der Waals surface area contributed by atoms with Crippen LogP contribution in [-0.2, 0) is 11.3 Å². The maximum absolute atomic E-state index is 12.8.